The molecule has 7 nitrogen and oxygen atoms in total. The molecule has 2 N–H and O–H groups in total. The van der Waals surface area contributed by atoms with Crippen molar-refractivity contribution < 1.29 is 9.59 Å². The molecule has 2 aromatic rings. The summed E-state index contributed by atoms with van der Waals surface area (Å²) in [6.07, 6.45) is 7.83. The Morgan fingerprint density at radius 1 is 1.06 bits per heavy atom. The molecule has 8 heteroatoms. The molecular weight excluding hydrogens is 517 g/mol. The third-order valence-electron chi connectivity index (χ3n) is 6.82. The molecule has 168 valence electrons. The van der Waals surface area contributed by atoms with Crippen LogP contribution in [0.15, 0.2) is 53.7 Å². The van der Waals surface area contributed by atoms with Gasteiger partial charge in [-0.1, -0.05) is 36.4 Å². The summed E-state index contributed by atoms with van der Waals surface area (Å²) in [4.78, 5) is 35.7. The van der Waals surface area contributed by atoms with E-state index in [1.807, 2.05) is 18.3 Å². The Morgan fingerprint density at radius 2 is 1.75 bits per heavy atom. The van der Waals surface area contributed by atoms with Crippen LogP contribution in [-0.2, 0) is 16.0 Å². The van der Waals surface area contributed by atoms with E-state index in [9.17, 15) is 9.59 Å². The van der Waals surface area contributed by atoms with Crippen molar-refractivity contribution in [1.82, 2.24) is 20.5 Å². The Bertz CT molecular complexity index is 1050. The standard InChI is InChI=1S/C24H27N5O2.HI/c1-25-24(27-11-9-16-5-2-4-15-6-3-10-26-21(15)16)28-12-13-29-22(30)19-17-7-8-18(14-17)20(19)23(29)31;/h2-8,10,17-20H,9,11-14H2,1H3,(H2,25,27,28);1H. The second-order valence-electron chi connectivity index (χ2n) is 8.50. The van der Waals surface area contributed by atoms with E-state index in [0.29, 0.717) is 25.6 Å². The Balaban J connectivity index is 0.00000245. The lowest BCUT2D eigenvalue weighted by Crippen LogP contribution is -2.44. The number of carbonyl (C=O) groups excluding carboxylic acids is 2. The van der Waals surface area contributed by atoms with Crippen molar-refractivity contribution in [2.45, 2.75) is 12.8 Å². The molecule has 2 amide bonds. The summed E-state index contributed by atoms with van der Waals surface area (Å²) in [5, 5.41) is 7.67. The van der Waals surface area contributed by atoms with Crippen molar-refractivity contribution in [3.8, 4) is 0 Å². The molecule has 2 bridgehead atoms. The maximum absolute atomic E-state index is 12.8. The summed E-state index contributed by atoms with van der Waals surface area (Å²) in [6, 6.07) is 10.2. The molecule has 4 atom stereocenters. The highest BCUT2D eigenvalue weighted by Crippen LogP contribution is 2.52. The molecule has 0 spiro atoms. The quantitative estimate of drug-likeness (QED) is 0.192. The molecule has 1 aromatic heterocycles. The monoisotopic (exact) mass is 545 g/mol. The number of fused-ring (bicyclic) bond motifs is 6. The Kier molecular flexibility index (Phi) is 6.78. The highest BCUT2D eigenvalue weighted by molar-refractivity contribution is 14.0. The topological polar surface area (TPSA) is 86.7 Å². The number of halogens is 1. The number of carbonyl (C=O) groups is 2. The number of nitrogens with one attached hydrogen (secondary N) is 2. The van der Waals surface area contributed by atoms with Crippen LogP contribution in [0.2, 0.25) is 0 Å². The molecule has 4 unspecified atom stereocenters. The van der Waals surface area contributed by atoms with Crippen molar-refractivity contribution in [2.24, 2.45) is 28.7 Å². The number of likely N-dealkylation sites (tertiary alicyclic amines) is 1. The van der Waals surface area contributed by atoms with Gasteiger partial charge in [-0.3, -0.25) is 24.5 Å². The van der Waals surface area contributed by atoms with Crippen molar-refractivity contribution in [2.75, 3.05) is 26.7 Å². The highest BCUT2D eigenvalue weighted by atomic mass is 127. The zero-order chi connectivity index (χ0) is 21.4. The Hall–Kier alpha value is -2.49. The zero-order valence-electron chi connectivity index (χ0n) is 18.0. The first-order chi connectivity index (χ1) is 15.2. The van der Waals surface area contributed by atoms with Crippen molar-refractivity contribution in [1.29, 1.82) is 0 Å². The van der Waals surface area contributed by atoms with Gasteiger partial charge < -0.3 is 10.6 Å². The third kappa shape index (κ3) is 4.00. The molecule has 1 saturated carbocycles. The summed E-state index contributed by atoms with van der Waals surface area (Å²) in [6.45, 7) is 1.56. The number of hydrogen-bond acceptors (Lipinski definition) is 4. The minimum Gasteiger partial charge on any atom is -0.356 e. The van der Waals surface area contributed by atoms with Gasteiger partial charge in [0.15, 0.2) is 5.96 Å². The fourth-order valence-electron chi connectivity index (χ4n) is 5.38. The number of pyridine rings is 1. The average molecular weight is 545 g/mol. The second kappa shape index (κ2) is 9.56. The number of hydrogen-bond donors (Lipinski definition) is 2. The minimum absolute atomic E-state index is 0. The van der Waals surface area contributed by atoms with Crippen LogP contribution >= 0.6 is 24.0 Å². The number of aromatic nitrogens is 1. The van der Waals surface area contributed by atoms with E-state index in [1.54, 1.807) is 7.05 Å². The fourth-order valence-corrected chi connectivity index (χ4v) is 5.38. The molecule has 2 aliphatic carbocycles. The van der Waals surface area contributed by atoms with Gasteiger partial charge in [-0.05, 0) is 36.3 Å². The number of guanidine groups is 1. The van der Waals surface area contributed by atoms with E-state index in [1.165, 1.54) is 10.5 Å². The summed E-state index contributed by atoms with van der Waals surface area (Å²) in [5.41, 5.74) is 2.21. The number of allylic oxidation sites excluding steroid dienone is 2. The van der Waals surface area contributed by atoms with E-state index in [-0.39, 0.29) is 59.5 Å². The maximum atomic E-state index is 12.8. The van der Waals surface area contributed by atoms with E-state index < -0.39 is 0 Å². The summed E-state index contributed by atoms with van der Waals surface area (Å²) < 4.78 is 0. The number of para-hydroxylation sites is 1. The fraction of sp³-hybridized carbons (Fsp3) is 0.417. The van der Waals surface area contributed by atoms with Crippen LogP contribution in [-0.4, -0.2) is 54.3 Å². The SMILES string of the molecule is CN=C(NCCc1cccc2cccnc12)NCCN1C(=O)C2C3C=CC(C3)C2C1=O.I. The van der Waals surface area contributed by atoms with E-state index in [2.05, 4.69) is 51.0 Å². The molecule has 5 rings (SSSR count). The lowest BCUT2D eigenvalue weighted by atomic mass is 9.85. The van der Waals surface area contributed by atoms with Crippen molar-refractivity contribution in [3.05, 3.63) is 54.2 Å². The van der Waals surface area contributed by atoms with E-state index in [4.69, 9.17) is 0 Å². The zero-order valence-corrected chi connectivity index (χ0v) is 20.4. The van der Waals surface area contributed by atoms with Crippen LogP contribution in [0.25, 0.3) is 10.9 Å². The van der Waals surface area contributed by atoms with Gasteiger partial charge in [0, 0.05) is 38.3 Å². The number of benzene rings is 1. The van der Waals surface area contributed by atoms with Crippen LogP contribution in [0.4, 0.5) is 0 Å². The Labute approximate surface area is 204 Å². The van der Waals surface area contributed by atoms with Gasteiger partial charge in [0.25, 0.3) is 0 Å². The first-order valence-electron chi connectivity index (χ1n) is 11.0. The molecule has 32 heavy (non-hydrogen) atoms. The minimum atomic E-state index is -0.130. The van der Waals surface area contributed by atoms with E-state index >= 15 is 0 Å². The summed E-state index contributed by atoms with van der Waals surface area (Å²) in [7, 11) is 1.72. The van der Waals surface area contributed by atoms with Crippen molar-refractivity contribution >= 4 is 52.7 Å². The van der Waals surface area contributed by atoms with Gasteiger partial charge in [0.1, 0.15) is 0 Å². The average Bonchev–Trinajstić information content (AvgIpc) is 3.48. The molecular formula is C24H28IN5O2. The third-order valence-corrected chi connectivity index (χ3v) is 6.82. The van der Waals surface area contributed by atoms with Crippen LogP contribution < -0.4 is 10.6 Å². The van der Waals surface area contributed by atoms with Gasteiger partial charge >= 0.3 is 0 Å². The highest BCUT2D eigenvalue weighted by Gasteiger charge is 2.58. The predicted molar refractivity (Wildman–Crippen MR) is 135 cm³/mol. The number of aliphatic imine (C=N–C) groups is 1. The lowest BCUT2D eigenvalue weighted by Gasteiger charge is -2.18. The molecule has 3 aliphatic rings. The molecule has 1 saturated heterocycles. The first kappa shape index (κ1) is 22.7. The number of rotatable bonds is 6. The van der Waals surface area contributed by atoms with Gasteiger partial charge in [0.2, 0.25) is 11.8 Å². The number of nitrogens with zero attached hydrogens (tertiary/aromatic N) is 3. The number of imide groups is 1. The first-order valence-corrected chi connectivity index (χ1v) is 11.0. The normalized spacial score (nSPS) is 25.9. The predicted octanol–water partition coefficient (Wildman–Crippen LogP) is 2.37. The van der Waals surface area contributed by atoms with Crippen LogP contribution in [0.5, 0.6) is 0 Å². The molecule has 1 aromatic carbocycles. The van der Waals surface area contributed by atoms with Crippen LogP contribution in [0, 0.1) is 23.7 Å². The van der Waals surface area contributed by atoms with Crippen molar-refractivity contribution in [3.63, 3.8) is 0 Å². The van der Waals surface area contributed by atoms with Gasteiger partial charge in [-0.2, -0.15) is 0 Å². The Morgan fingerprint density at radius 3 is 2.47 bits per heavy atom. The van der Waals surface area contributed by atoms with Gasteiger partial charge in [-0.15, -0.1) is 24.0 Å². The molecule has 0 radical (unpaired) electrons. The van der Waals surface area contributed by atoms with E-state index in [0.717, 1.165) is 23.7 Å². The summed E-state index contributed by atoms with van der Waals surface area (Å²) in [5.74, 6) is 0.905. The molecule has 2 heterocycles. The lowest BCUT2D eigenvalue weighted by molar-refractivity contribution is -0.140. The summed E-state index contributed by atoms with van der Waals surface area (Å²) >= 11 is 0. The smallest absolute Gasteiger partial charge is 0.233 e. The molecule has 1 aliphatic heterocycles. The maximum Gasteiger partial charge on any atom is 0.233 e. The second-order valence-corrected chi connectivity index (χ2v) is 8.50. The van der Waals surface area contributed by atoms with Gasteiger partial charge in [-0.25, -0.2) is 0 Å². The largest absolute Gasteiger partial charge is 0.356 e. The van der Waals surface area contributed by atoms with Crippen LogP contribution in [0.3, 0.4) is 0 Å². The van der Waals surface area contributed by atoms with Gasteiger partial charge in [0.05, 0.1) is 17.4 Å². The molecule has 2 fully saturated rings. The number of amides is 2. The van der Waals surface area contributed by atoms with Crippen LogP contribution in [0.1, 0.15) is 12.0 Å².